The van der Waals surface area contributed by atoms with Crippen LogP contribution in [0.15, 0.2) is 97.1 Å². The van der Waals surface area contributed by atoms with Gasteiger partial charge in [0.15, 0.2) is 12.6 Å². The molecule has 8 N–H and O–H groups in total. The lowest BCUT2D eigenvalue weighted by Crippen LogP contribution is -2.52. The zero-order valence-corrected chi connectivity index (χ0v) is 29.2. The Bertz CT molecular complexity index is 1440. The van der Waals surface area contributed by atoms with E-state index in [4.69, 9.17) is 51.4 Å². The van der Waals surface area contributed by atoms with Crippen LogP contribution in [0.5, 0.6) is 23.0 Å². The van der Waals surface area contributed by atoms with Gasteiger partial charge < -0.3 is 51.4 Å². The third kappa shape index (κ3) is 10.4. The molecule has 0 saturated carbocycles. The van der Waals surface area contributed by atoms with Crippen molar-refractivity contribution in [1.82, 2.24) is 0 Å². The van der Waals surface area contributed by atoms with E-state index in [1.54, 1.807) is 0 Å². The summed E-state index contributed by atoms with van der Waals surface area (Å²) in [5, 5.41) is 0. The second-order valence-electron chi connectivity index (χ2n) is 13.5. The summed E-state index contributed by atoms with van der Waals surface area (Å²) in [7, 11) is 0. The summed E-state index contributed by atoms with van der Waals surface area (Å²) < 4.78 is 34.7. The largest absolute Gasteiger partial charge is 0.457 e. The fraction of sp³-hybridized carbons (Fsp3) is 0.400. The Morgan fingerprint density at radius 2 is 0.840 bits per heavy atom. The fourth-order valence-electron chi connectivity index (χ4n) is 5.72. The van der Waals surface area contributed by atoms with Crippen molar-refractivity contribution in [1.29, 1.82) is 0 Å². The number of nitrogens with two attached hydrogens (primary N) is 4. The smallest absolute Gasteiger partial charge is 0.157 e. The maximum absolute atomic E-state index is 5.91. The van der Waals surface area contributed by atoms with Crippen LogP contribution >= 0.6 is 0 Å². The summed E-state index contributed by atoms with van der Waals surface area (Å²) in [6.07, 6.45) is 3.31. The minimum atomic E-state index is -0.167. The van der Waals surface area contributed by atoms with Crippen molar-refractivity contribution in [2.75, 3.05) is 51.0 Å². The topological polar surface area (TPSA) is 159 Å². The Hall–Kier alpha value is -4.16. The van der Waals surface area contributed by atoms with Crippen molar-refractivity contribution in [3.63, 3.8) is 0 Å². The highest BCUT2D eigenvalue weighted by Crippen LogP contribution is 2.35. The molecule has 1 spiro atoms. The highest BCUT2D eigenvalue weighted by Gasteiger charge is 2.41. The molecular weight excluding hydrogens is 632 g/mol. The van der Waals surface area contributed by atoms with E-state index >= 15 is 0 Å². The molecule has 0 unspecified atom stereocenters. The minimum Gasteiger partial charge on any atom is -0.457 e. The predicted octanol–water partition coefficient (Wildman–Crippen LogP) is 6.96. The molecule has 0 radical (unpaired) electrons. The quantitative estimate of drug-likeness (QED) is 0.115. The Balaban J connectivity index is 0.000000219. The predicted molar refractivity (Wildman–Crippen MR) is 197 cm³/mol. The van der Waals surface area contributed by atoms with Gasteiger partial charge in [0.1, 0.15) is 23.0 Å². The monoisotopic (exact) mass is 684 g/mol. The van der Waals surface area contributed by atoms with Crippen molar-refractivity contribution in [2.24, 2.45) is 16.9 Å². The molecule has 10 nitrogen and oxygen atoms in total. The maximum Gasteiger partial charge on any atom is 0.157 e. The maximum atomic E-state index is 5.91. The molecule has 0 bridgehead atoms. The summed E-state index contributed by atoms with van der Waals surface area (Å²) in [5.41, 5.74) is 25.9. The number of rotatable bonds is 12. The molecule has 2 fully saturated rings. The standard InChI is InChI=1S/C27H26N2O2.C13H26N2O4/c1-27(2,19-3-11-23(12-4-19)30-25-15-7-21(28)8-16-25)20-5-13-24(14-6-20)31-26-17-9-22(29)10-18-26;14-5-1-3-11-16-7-13(8-17-11)9-18-12(19-10-13)4-2-6-15/h3-18H,28-29H2,1-2H3;11-12H,1-10,14-15H2. The van der Waals surface area contributed by atoms with Crippen molar-refractivity contribution in [3.8, 4) is 23.0 Å². The lowest BCUT2D eigenvalue weighted by molar-refractivity contribution is -0.304. The van der Waals surface area contributed by atoms with Crippen molar-refractivity contribution >= 4 is 11.4 Å². The fourth-order valence-corrected chi connectivity index (χ4v) is 5.72. The van der Waals surface area contributed by atoms with Crippen molar-refractivity contribution in [3.05, 3.63) is 108 Å². The number of benzene rings is 4. The SMILES string of the molecule is CC(C)(c1ccc(Oc2ccc(N)cc2)cc1)c1ccc(Oc2ccc(N)cc2)cc1.NCCCC1OCC2(CO1)COC(CCCN)OC2. The molecule has 268 valence electrons. The molecule has 4 aromatic rings. The van der Waals surface area contributed by atoms with Gasteiger partial charge in [-0.2, -0.15) is 0 Å². The van der Waals surface area contributed by atoms with Crippen LogP contribution in [-0.4, -0.2) is 52.1 Å². The van der Waals surface area contributed by atoms with Gasteiger partial charge >= 0.3 is 0 Å². The molecule has 0 atom stereocenters. The molecule has 50 heavy (non-hydrogen) atoms. The number of ether oxygens (including phenoxy) is 6. The molecule has 0 aromatic heterocycles. The molecule has 2 aliphatic rings. The Labute approximate surface area is 295 Å². The summed E-state index contributed by atoms with van der Waals surface area (Å²) in [6.45, 7) is 8.28. The molecule has 2 aliphatic heterocycles. The van der Waals surface area contributed by atoms with Crippen LogP contribution in [0.3, 0.4) is 0 Å². The number of nitrogen functional groups attached to an aromatic ring is 2. The first-order valence-corrected chi connectivity index (χ1v) is 17.3. The van der Waals surface area contributed by atoms with Crippen LogP contribution in [-0.2, 0) is 24.4 Å². The third-order valence-electron chi connectivity index (χ3n) is 8.97. The molecule has 2 saturated heterocycles. The molecule has 0 aliphatic carbocycles. The second-order valence-corrected chi connectivity index (χ2v) is 13.5. The minimum absolute atomic E-state index is 0.121. The van der Waals surface area contributed by atoms with Crippen LogP contribution in [0.4, 0.5) is 11.4 Å². The van der Waals surface area contributed by atoms with Gasteiger partial charge in [-0.25, -0.2) is 0 Å². The van der Waals surface area contributed by atoms with Gasteiger partial charge in [0, 0.05) is 16.8 Å². The van der Waals surface area contributed by atoms with Gasteiger partial charge in [-0.3, -0.25) is 0 Å². The number of hydrogen-bond donors (Lipinski definition) is 4. The van der Waals surface area contributed by atoms with E-state index in [1.807, 2.05) is 72.8 Å². The van der Waals surface area contributed by atoms with Gasteiger partial charge in [0.25, 0.3) is 0 Å². The van der Waals surface area contributed by atoms with E-state index in [0.717, 1.165) is 48.7 Å². The van der Waals surface area contributed by atoms with E-state index in [2.05, 4.69) is 38.1 Å². The Kier molecular flexibility index (Phi) is 13.1. The normalized spacial score (nSPS) is 20.5. The van der Waals surface area contributed by atoms with Gasteiger partial charge in [-0.05, 0) is 123 Å². The molecule has 0 amide bonds. The number of anilines is 2. The van der Waals surface area contributed by atoms with E-state index < -0.39 is 0 Å². The van der Waals surface area contributed by atoms with Gasteiger partial charge in [0.2, 0.25) is 0 Å². The zero-order chi connectivity index (χ0) is 35.4. The summed E-state index contributed by atoms with van der Waals surface area (Å²) in [6, 6.07) is 31.1. The van der Waals surface area contributed by atoms with Crippen LogP contribution < -0.4 is 32.4 Å². The molecule has 4 aromatic carbocycles. The lowest BCUT2D eigenvalue weighted by Gasteiger charge is -2.43. The third-order valence-corrected chi connectivity index (χ3v) is 8.97. The molecular formula is C40H52N4O6. The zero-order valence-electron chi connectivity index (χ0n) is 29.2. The van der Waals surface area contributed by atoms with Gasteiger partial charge in [-0.1, -0.05) is 38.1 Å². The molecule has 2 heterocycles. The molecule has 6 rings (SSSR count). The van der Waals surface area contributed by atoms with Gasteiger partial charge in [-0.15, -0.1) is 0 Å². The Morgan fingerprint density at radius 1 is 0.540 bits per heavy atom. The summed E-state index contributed by atoms with van der Waals surface area (Å²) >= 11 is 0. The number of hydrogen-bond acceptors (Lipinski definition) is 10. The average Bonchev–Trinajstić information content (AvgIpc) is 3.14. The van der Waals surface area contributed by atoms with Crippen LogP contribution in [0.2, 0.25) is 0 Å². The summed E-state index contributed by atoms with van der Waals surface area (Å²) in [4.78, 5) is 0. The van der Waals surface area contributed by atoms with Crippen molar-refractivity contribution in [2.45, 2.75) is 57.5 Å². The van der Waals surface area contributed by atoms with E-state index in [0.29, 0.717) is 50.9 Å². The highest BCUT2D eigenvalue weighted by atomic mass is 16.7. The van der Waals surface area contributed by atoms with Crippen molar-refractivity contribution < 1.29 is 28.4 Å². The average molecular weight is 685 g/mol. The first-order valence-electron chi connectivity index (χ1n) is 17.3. The lowest BCUT2D eigenvalue weighted by atomic mass is 9.78. The van der Waals surface area contributed by atoms with E-state index in [-0.39, 0.29) is 23.4 Å². The van der Waals surface area contributed by atoms with Gasteiger partial charge in [0.05, 0.1) is 31.8 Å². The van der Waals surface area contributed by atoms with E-state index in [1.165, 1.54) is 11.1 Å². The van der Waals surface area contributed by atoms with Crippen LogP contribution in [0.25, 0.3) is 0 Å². The highest BCUT2D eigenvalue weighted by molar-refractivity contribution is 5.46. The van der Waals surface area contributed by atoms with Crippen LogP contribution in [0, 0.1) is 5.41 Å². The second kappa shape index (κ2) is 17.7. The first-order chi connectivity index (χ1) is 24.2. The van der Waals surface area contributed by atoms with E-state index in [9.17, 15) is 0 Å². The Morgan fingerprint density at radius 3 is 1.14 bits per heavy atom. The summed E-state index contributed by atoms with van der Waals surface area (Å²) in [5.74, 6) is 3.10. The van der Waals surface area contributed by atoms with Crippen LogP contribution in [0.1, 0.15) is 50.7 Å². The first kappa shape index (κ1) is 37.1. The molecule has 10 heteroatoms.